The Bertz CT molecular complexity index is 823. The number of amides is 1. The number of benzene rings is 2. The Hall–Kier alpha value is -2.69. The van der Waals surface area contributed by atoms with Crippen LogP contribution in [0.5, 0.6) is 17.2 Å². The molecular formula is C21H25NO4. The number of carbonyl (C=O) groups is 1. The lowest BCUT2D eigenvalue weighted by molar-refractivity contribution is -0.117. The number of aromatic hydroxyl groups is 1. The van der Waals surface area contributed by atoms with Crippen molar-refractivity contribution in [2.75, 3.05) is 18.5 Å². The van der Waals surface area contributed by atoms with Crippen molar-refractivity contribution in [3.8, 4) is 17.2 Å². The van der Waals surface area contributed by atoms with Gasteiger partial charge in [-0.05, 0) is 47.7 Å². The number of phenolic OH excluding ortho intramolecular Hbond substituents is 1. The van der Waals surface area contributed by atoms with E-state index < -0.39 is 5.92 Å². The number of nitrogens with one attached hydrogen (secondary N) is 1. The summed E-state index contributed by atoms with van der Waals surface area (Å²) in [6, 6.07) is 10.8. The van der Waals surface area contributed by atoms with Gasteiger partial charge in [-0.25, -0.2) is 0 Å². The molecule has 0 aromatic heterocycles. The van der Waals surface area contributed by atoms with Gasteiger partial charge in [0.2, 0.25) is 5.91 Å². The van der Waals surface area contributed by atoms with Crippen molar-refractivity contribution < 1.29 is 19.4 Å². The van der Waals surface area contributed by atoms with Crippen LogP contribution in [0.1, 0.15) is 44.7 Å². The van der Waals surface area contributed by atoms with Crippen LogP contribution in [0.4, 0.5) is 5.69 Å². The number of hydrogen-bond acceptors (Lipinski definition) is 4. The molecule has 5 heteroatoms. The fourth-order valence-electron chi connectivity index (χ4n) is 2.82. The molecule has 1 heterocycles. The van der Waals surface area contributed by atoms with Crippen molar-refractivity contribution in [2.24, 2.45) is 0 Å². The summed E-state index contributed by atoms with van der Waals surface area (Å²) in [5.41, 5.74) is 2.22. The average molecular weight is 355 g/mol. The summed E-state index contributed by atoms with van der Waals surface area (Å²) in [4.78, 5) is 12.7. The molecule has 0 saturated heterocycles. The van der Waals surface area contributed by atoms with Gasteiger partial charge < -0.3 is 19.9 Å². The first-order chi connectivity index (χ1) is 12.3. The van der Waals surface area contributed by atoms with Gasteiger partial charge in [0.15, 0.2) is 11.5 Å². The van der Waals surface area contributed by atoms with E-state index in [0.717, 1.165) is 11.1 Å². The Balaban J connectivity index is 1.80. The summed E-state index contributed by atoms with van der Waals surface area (Å²) in [7, 11) is 0. The number of anilines is 1. The normalized spacial score (nSPS) is 14.6. The van der Waals surface area contributed by atoms with Gasteiger partial charge in [0.1, 0.15) is 19.0 Å². The molecule has 0 radical (unpaired) electrons. The summed E-state index contributed by atoms with van der Waals surface area (Å²) in [5.74, 6) is 0.821. The molecule has 0 aliphatic carbocycles. The maximum Gasteiger partial charge on any atom is 0.231 e. The van der Waals surface area contributed by atoms with Crippen LogP contribution < -0.4 is 14.8 Å². The molecule has 0 bridgehead atoms. The van der Waals surface area contributed by atoms with Crippen LogP contribution in [0.25, 0.3) is 0 Å². The van der Waals surface area contributed by atoms with Gasteiger partial charge in [0.05, 0.1) is 11.6 Å². The van der Waals surface area contributed by atoms with Crippen molar-refractivity contribution in [1.29, 1.82) is 0 Å². The second kappa shape index (κ2) is 6.90. The van der Waals surface area contributed by atoms with Crippen molar-refractivity contribution in [2.45, 2.75) is 39.0 Å². The van der Waals surface area contributed by atoms with Crippen LogP contribution in [-0.4, -0.2) is 24.2 Å². The van der Waals surface area contributed by atoms with E-state index in [2.05, 4.69) is 26.1 Å². The fraction of sp³-hybridized carbons (Fsp3) is 0.381. The SMILES string of the molecule is CC(C(=O)Nc1cc(C(C)(C)C)ccc1O)c1ccc2c(c1)OCCO2. The molecule has 1 aliphatic heterocycles. The molecule has 2 N–H and O–H groups in total. The van der Waals surface area contributed by atoms with Crippen LogP contribution in [0.3, 0.4) is 0 Å². The summed E-state index contributed by atoms with van der Waals surface area (Å²) in [5, 5.41) is 12.9. The third-order valence-electron chi connectivity index (χ3n) is 4.58. The summed E-state index contributed by atoms with van der Waals surface area (Å²) < 4.78 is 11.1. The maximum atomic E-state index is 12.7. The number of phenols is 1. The molecule has 1 atom stereocenters. The largest absolute Gasteiger partial charge is 0.506 e. The van der Waals surface area contributed by atoms with Crippen molar-refractivity contribution in [3.63, 3.8) is 0 Å². The second-order valence-corrected chi connectivity index (χ2v) is 7.60. The third kappa shape index (κ3) is 3.77. The third-order valence-corrected chi connectivity index (χ3v) is 4.58. The first-order valence-corrected chi connectivity index (χ1v) is 8.79. The minimum Gasteiger partial charge on any atom is -0.506 e. The lowest BCUT2D eigenvalue weighted by Gasteiger charge is -2.22. The van der Waals surface area contributed by atoms with Crippen molar-refractivity contribution >= 4 is 11.6 Å². The monoisotopic (exact) mass is 355 g/mol. The van der Waals surface area contributed by atoms with E-state index in [0.29, 0.717) is 30.4 Å². The molecule has 0 spiro atoms. The van der Waals surface area contributed by atoms with Crippen LogP contribution in [0.15, 0.2) is 36.4 Å². The predicted molar refractivity (Wildman–Crippen MR) is 101 cm³/mol. The Kier molecular flexibility index (Phi) is 4.81. The summed E-state index contributed by atoms with van der Waals surface area (Å²) >= 11 is 0. The second-order valence-electron chi connectivity index (χ2n) is 7.60. The first-order valence-electron chi connectivity index (χ1n) is 8.79. The molecule has 2 aromatic rings. The van der Waals surface area contributed by atoms with E-state index in [9.17, 15) is 9.90 Å². The zero-order valence-electron chi connectivity index (χ0n) is 15.6. The number of rotatable bonds is 3. The zero-order valence-corrected chi connectivity index (χ0v) is 15.6. The van der Waals surface area contributed by atoms with E-state index in [4.69, 9.17) is 9.47 Å². The molecule has 26 heavy (non-hydrogen) atoms. The lowest BCUT2D eigenvalue weighted by atomic mass is 9.86. The number of fused-ring (bicyclic) bond motifs is 1. The molecular weight excluding hydrogens is 330 g/mol. The van der Waals surface area contributed by atoms with Crippen molar-refractivity contribution in [3.05, 3.63) is 47.5 Å². The average Bonchev–Trinajstić information content (AvgIpc) is 2.61. The molecule has 138 valence electrons. The maximum absolute atomic E-state index is 12.7. The van der Waals surface area contributed by atoms with Crippen LogP contribution in [0, 0.1) is 0 Å². The summed E-state index contributed by atoms with van der Waals surface area (Å²) in [6.45, 7) is 9.12. The number of carbonyl (C=O) groups excluding carboxylic acids is 1. The highest BCUT2D eigenvalue weighted by molar-refractivity contribution is 5.96. The van der Waals surface area contributed by atoms with Gasteiger partial charge >= 0.3 is 0 Å². The Morgan fingerprint density at radius 3 is 2.46 bits per heavy atom. The van der Waals surface area contributed by atoms with E-state index in [-0.39, 0.29) is 17.1 Å². The Morgan fingerprint density at radius 1 is 1.08 bits per heavy atom. The topological polar surface area (TPSA) is 67.8 Å². The molecule has 1 unspecified atom stereocenters. The van der Waals surface area contributed by atoms with E-state index >= 15 is 0 Å². The van der Waals surface area contributed by atoms with E-state index in [1.165, 1.54) is 0 Å². The van der Waals surface area contributed by atoms with Crippen molar-refractivity contribution in [1.82, 2.24) is 0 Å². The minimum atomic E-state index is -0.400. The Labute approximate surface area is 153 Å². The van der Waals surface area contributed by atoms with Crippen LogP contribution in [0.2, 0.25) is 0 Å². The highest BCUT2D eigenvalue weighted by atomic mass is 16.6. The number of hydrogen-bond donors (Lipinski definition) is 2. The Morgan fingerprint density at radius 2 is 1.77 bits per heavy atom. The predicted octanol–water partition coefficient (Wildman–Crippen LogP) is 4.20. The minimum absolute atomic E-state index is 0.0562. The van der Waals surface area contributed by atoms with Gasteiger partial charge in [-0.3, -0.25) is 4.79 Å². The van der Waals surface area contributed by atoms with Gasteiger partial charge in [0.25, 0.3) is 0 Å². The van der Waals surface area contributed by atoms with Crippen LogP contribution in [-0.2, 0) is 10.2 Å². The lowest BCUT2D eigenvalue weighted by Crippen LogP contribution is -2.20. The molecule has 2 aromatic carbocycles. The van der Waals surface area contributed by atoms with Gasteiger partial charge in [-0.15, -0.1) is 0 Å². The molecule has 3 rings (SSSR count). The molecule has 0 saturated carbocycles. The highest BCUT2D eigenvalue weighted by Crippen LogP contribution is 2.34. The highest BCUT2D eigenvalue weighted by Gasteiger charge is 2.21. The van der Waals surface area contributed by atoms with Crippen LogP contribution >= 0.6 is 0 Å². The van der Waals surface area contributed by atoms with E-state index in [1.54, 1.807) is 6.07 Å². The summed E-state index contributed by atoms with van der Waals surface area (Å²) in [6.07, 6.45) is 0. The van der Waals surface area contributed by atoms with E-state index in [1.807, 2.05) is 37.3 Å². The van der Waals surface area contributed by atoms with Gasteiger partial charge in [-0.2, -0.15) is 0 Å². The molecule has 1 aliphatic rings. The standard InChI is InChI=1S/C21H25NO4/c1-13(14-5-8-18-19(11-14)26-10-9-25-18)20(24)22-16-12-15(21(2,3)4)6-7-17(16)23/h5-8,11-13,23H,9-10H2,1-4H3,(H,22,24). The zero-order chi connectivity index (χ0) is 18.9. The molecule has 1 amide bonds. The molecule has 5 nitrogen and oxygen atoms in total. The van der Waals surface area contributed by atoms with Gasteiger partial charge in [-0.1, -0.05) is 32.9 Å². The molecule has 0 fully saturated rings. The smallest absolute Gasteiger partial charge is 0.231 e. The number of ether oxygens (including phenoxy) is 2. The first kappa shape index (κ1) is 18.1. The van der Waals surface area contributed by atoms with Gasteiger partial charge in [0, 0.05) is 0 Å². The fourth-order valence-corrected chi connectivity index (χ4v) is 2.82. The quantitative estimate of drug-likeness (QED) is 0.810.